The Morgan fingerprint density at radius 3 is 2.53 bits per heavy atom. The molecule has 0 N–H and O–H groups in total. The van der Waals surface area contributed by atoms with Gasteiger partial charge in [0.25, 0.3) is 0 Å². The Kier molecular flexibility index (Phi) is 3.03. The van der Waals surface area contributed by atoms with Crippen LogP contribution in [-0.2, 0) is 7.05 Å². The summed E-state index contributed by atoms with van der Waals surface area (Å²) in [6, 6.07) is 5.30. The molecule has 4 heteroatoms. The summed E-state index contributed by atoms with van der Waals surface area (Å²) in [4.78, 5) is 10.7. The molecule has 0 unspecified atom stereocenters. The van der Waals surface area contributed by atoms with Crippen LogP contribution in [0, 0.1) is 13.8 Å². The molecule has 0 saturated carbocycles. The highest BCUT2D eigenvalue weighted by atomic mass is 35.5. The molecule has 2 rings (SSSR count). The fourth-order valence-corrected chi connectivity index (χ4v) is 2.25. The maximum Gasteiger partial charge on any atom is 0.150 e. The van der Waals surface area contributed by atoms with Crippen LogP contribution in [-0.4, -0.2) is 16.1 Å². The summed E-state index contributed by atoms with van der Waals surface area (Å²) in [7, 11) is 1.90. The van der Waals surface area contributed by atoms with Crippen LogP contribution >= 0.6 is 11.6 Å². The molecular formula is C13H13ClN2O. The zero-order chi connectivity index (χ0) is 12.6. The third-order valence-corrected chi connectivity index (χ3v) is 3.22. The number of aryl methyl sites for hydroxylation is 2. The molecule has 0 aliphatic rings. The highest BCUT2D eigenvalue weighted by Crippen LogP contribution is 2.32. The van der Waals surface area contributed by atoms with Gasteiger partial charge in [0.15, 0.2) is 0 Å². The van der Waals surface area contributed by atoms with E-state index in [1.165, 1.54) is 0 Å². The first-order valence-electron chi connectivity index (χ1n) is 5.30. The van der Waals surface area contributed by atoms with Gasteiger partial charge >= 0.3 is 0 Å². The third kappa shape index (κ3) is 1.98. The molecule has 88 valence electrons. The lowest BCUT2D eigenvalue weighted by molar-refractivity contribution is 0.112. The fourth-order valence-electron chi connectivity index (χ4n) is 1.97. The van der Waals surface area contributed by atoms with Crippen LogP contribution in [0.5, 0.6) is 0 Å². The molecule has 1 heterocycles. The quantitative estimate of drug-likeness (QED) is 0.765. The molecule has 0 aliphatic carbocycles. The first-order valence-corrected chi connectivity index (χ1v) is 5.67. The first-order chi connectivity index (χ1) is 8.04. The van der Waals surface area contributed by atoms with Gasteiger partial charge in [0, 0.05) is 34.5 Å². The van der Waals surface area contributed by atoms with Crippen molar-refractivity contribution in [2.75, 3.05) is 0 Å². The van der Waals surface area contributed by atoms with Crippen molar-refractivity contribution in [3.05, 3.63) is 40.2 Å². The van der Waals surface area contributed by atoms with E-state index < -0.39 is 0 Å². The van der Waals surface area contributed by atoms with Crippen molar-refractivity contribution in [3.8, 4) is 11.1 Å². The van der Waals surface area contributed by atoms with Crippen molar-refractivity contribution < 1.29 is 4.79 Å². The van der Waals surface area contributed by atoms with Crippen LogP contribution < -0.4 is 0 Å². The zero-order valence-electron chi connectivity index (χ0n) is 9.99. The summed E-state index contributed by atoms with van der Waals surface area (Å²) in [6.07, 6.45) is 0.790. The highest BCUT2D eigenvalue weighted by Gasteiger charge is 2.14. The number of halogens is 1. The van der Waals surface area contributed by atoms with Gasteiger partial charge in [-0.15, -0.1) is 0 Å². The second kappa shape index (κ2) is 4.34. The predicted octanol–water partition coefficient (Wildman–Crippen LogP) is 3.17. The van der Waals surface area contributed by atoms with Crippen molar-refractivity contribution in [2.45, 2.75) is 13.8 Å². The minimum atomic E-state index is 0.578. The average Bonchev–Trinajstić information content (AvgIpc) is 2.54. The Morgan fingerprint density at radius 1 is 1.35 bits per heavy atom. The predicted molar refractivity (Wildman–Crippen MR) is 68.5 cm³/mol. The van der Waals surface area contributed by atoms with Gasteiger partial charge in [-0.25, -0.2) is 0 Å². The number of hydrogen-bond acceptors (Lipinski definition) is 2. The number of aldehydes is 1. The monoisotopic (exact) mass is 248 g/mol. The summed E-state index contributed by atoms with van der Waals surface area (Å²) in [6.45, 7) is 3.95. The highest BCUT2D eigenvalue weighted by molar-refractivity contribution is 6.33. The molecule has 2 aromatic rings. The van der Waals surface area contributed by atoms with Gasteiger partial charge in [-0.3, -0.25) is 9.48 Å². The van der Waals surface area contributed by atoms with Gasteiger partial charge in [-0.2, -0.15) is 5.10 Å². The normalized spacial score (nSPS) is 10.6. The van der Waals surface area contributed by atoms with E-state index in [4.69, 9.17) is 11.6 Å². The van der Waals surface area contributed by atoms with E-state index in [-0.39, 0.29) is 0 Å². The number of aromatic nitrogens is 2. The standard InChI is InChI=1S/C13H13ClN2O/c1-8-13(9(2)16(3)15-8)11-5-4-10(7-17)6-12(11)14/h4-7H,1-3H3. The summed E-state index contributed by atoms with van der Waals surface area (Å²) in [5.41, 5.74) is 4.53. The molecule has 0 radical (unpaired) electrons. The number of benzene rings is 1. The molecule has 1 aromatic carbocycles. The molecule has 0 fully saturated rings. The van der Waals surface area contributed by atoms with Gasteiger partial charge < -0.3 is 0 Å². The van der Waals surface area contributed by atoms with Gasteiger partial charge in [-0.05, 0) is 19.9 Å². The van der Waals surface area contributed by atoms with Crippen LogP contribution in [0.15, 0.2) is 18.2 Å². The molecule has 0 atom stereocenters. The van der Waals surface area contributed by atoms with Crippen molar-refractivity contribution in [1.29, 1.82) is 0 Å². The number of carbonyl (C=O) groups is 1. The van der Waals surface area contributed by atoms with Gasteiger partial charge in [-0.1, -0.05) is 23.7 Å². The van der Waals surface area contributed by atoms with Crippen LogP contribution in [0.2, 0.25) is 5.02 Å². The maximum absolute atomic E-state index is 10.7. The van der Waals surface area contributed by atoms with Crippen molar-refractivity contribution in [3.63, 3.8) is 0 Å². The molecule has 0 bridgehead atoms. The molecule has 17 heavy (non-hydrogen) atoms. The number of nitrogens with zero attached hydrogens (tertiary/aromatic N) is 2. The molecule has 0 saturated heterocycles. The summed E-state index contributed by atoms with van der Waals surface area (Å²) >= 11 is 6.20. The summed E-state index contributed by atoms with van der Waals surface area (Å²) in [5, 5.41) is 4.94. The Labute approximate surface area is 105 Å². The van der Waals surface area contributed by atoms with E-state index in [1.807, 2.05) is 31.6 Å². The van der Waals surface area contributed by atoms with Crippen LogP contribution in [0.1, 0.15) is 21.7 Å². The Morgan fingerprint density at radius 2 is 2.06 bits per heavy atom. The molecule has 0 amide bonds. The second-order valence-electron chi connectivity index (χ2n) is 4.03. The average molecular weight is 249 g/mol. The SMILES string of the molecule is Cc1nn(C)c(C)c1-c1ccc(C=O)cc1Cl. The number of carbonyl (C=O) groups excluding carboxylic acids is 1. The van der Waals surface area contributed by atoms with E-state index in [0.29, 0.717) is 10.6 Å². The van der Waals surface area contributed by atoms with Gasteiger partial charge in [0.1, 0.15) is 6.29 Å². The van der Waals surface area contributed by atoms with Crippen molar-refractivity contribution >= 4 is 17.9 Å². The van der Waals surface area contributed by atoms with E-state index in [1.54, 1.807) is 12.1 Å². The van der Waals surface area contributed by atoms with Gasteiger partial charge in [0.05, 0.1) is 5.69 Å². The lowest BCUT2D eigenvalue weighted by atomic mass is 10.0. The van der Waals surface area contributed by atoms with E-state index in [9.17, 15) is 4.79 Å². The summed E-state index contributed by atoms with van der Waals surface area (Å²) < 4.78 is 1.83. The molecule has 3 nitrogen and oxygen atoms in total. The largest absolute Gasteiger partial charge is 0.298 e. The minimum absolute atomic E-state index is 0.578. The fraction of sp³-hybridized carbons (Fsp3) is 0.231. The molecular weight excluding hydrogens is 236 g/mol. The molecule has 0 spiro atoms. The topological polar surface area (TPSA) is 34.9 Å². The van der Waals surface area contributed by atoms with E-state index in [0.717, 1.165) is 28.8 Å². The zero-order valence-corrected chi connectivity index (χ0v) is 10.7. The minimum Gasteiger partial charge on any atom is -0.298 e. The van der Waals surface area contributed by atoms with E-state index >= 15 is 0 Å². The Bertz CT molecular complexity index is 587. The second-order valence-corrected chi connectivity index (χ2v) is 4.43. The first kappa shape index (κ1) is 11.9. The van der Waals surface area contributed by atoms with Crippen LogP contribution in [0.3, 0.4) is 0 Å². The van der Waals surface area contributed by atoms with E-state index in [2.05, 4.69) is 5.10 Å². The molecule has 0 aliphatic heterocycles. The van der Waals surface area contributed by atoms with Crippen LogP contribution in [0.4, 0.5) is 0 Å². The Balaban J connectivity index is 2.64. The van der Waals surface area contributed by atoms with Crippen LogP contribution in [0.25, 0.3) is 11.1 Å². The van der Waals surface area contributed by atoms with Gasteiger partial charge in [0.2, 0.25) is 0 Å². The molecule has 1 aromatic heterocycles. The Hall–Kier alpha value is -1.61. The maximum atomic E-state index is 10.7. The lowest BCUT2D eigenvalue weighted by Gasteiger charge is -2.05. The van der Waals surface area contributed by atoms with Crippen molar-refractivity contribution in [2.24, 2.45) is 7.05 Å². The third-order valence-electron chi connectivity index (χ3n) is 2.91. The van der Waals surface area contributed by atoms with Crippen molar-refractivity contribution in [1.82, 2.24) is 9.78 Å². The number of rotatable bonds is 2. The summed E-state index contributed by atoms with van der Waals surface area (Å²) in [5.74, 6) is 0. The lowest BCUT2D eigenvalue weighted by Crippen LogP contribution is -1.93. The number of hydrogen-bond donors (Lipinski definition) is 0. The smallest absolute Gasteiger partial charge is 0.150 e.